The number of carbonyl (C=O) groups excluding carboxylic acids is 2. The second-order valence-corrected chi connectivity index (χ2v) is 10.4. The van der Waals surface area contributed by atoms with Crippen LogP contribution in [0.4, 0.5) is 5.69 Å². The molecule has 2 N–H and O–H groups in total. The van der Waals surface area contributed by atoms with Crippen LogP contribution in [0.5, 0.6) is 0 Å². The van der Waals surface area contributed by atoms with Gasteiger partial charge in [0, 0.05) is 22.3 Å². The van der Waals surface area contributed by atoms with Crippen LogP contribution in [-0.4, -0.2) is 33.2 Å². The molecule has 1 aromatic heterocycles. The van der Waals surface area contributed by atoms with Crippen LogP contribution in [0.25, 0.3) is 10.9 Å². The molecule has 7 nitrogen and oxygen atoms in total. The Labute approximate surface area is 224 Å². The third-order valence-electron chi connectivity index (χ3n) is 5.49. The fourth-order valence-electron chi connectivity index (χ4n) is 3.76. The number of fused-ring (bicyclic) bond motifs is 1. The molecule has 0 aliphatic heterocycles. The molecule has 2 amide bonds. The SMILES string of the molecule is Cc1cccc(NC(=O)CSc2nc3ccc(Cl)cc3c(=O)n2Cc2ccc(C(=O)NC(C)C)cc2)c1. The summed E-state index contributed by atoms with van der Waals surface area (Å²) in [6.45, 7) is 5.98. The summed E-state index contributed by atoms with van der Waals surface area (Å²) in [6, 6.07) is 19.6. The van der Waals surface area contributed by atoms with E-state index in [1.54, 1.807) is 30.3 Å². The van der Waals surface area contributed by atoms with E-state index in [-0.39, 0.29) is 35.7 Å². The number of hydrogen-bond acceptors (Lipinski definition) is 5. The van der Waals surface area contributed by atoms with Gasteiger partial charge in [0.25, 0.3) is 11.5 Å². The van der Waals surface area contributed by atoms with Gasteiger partial charge in [-0.2, -0.15) is 0 Å². The van der Waals surface area contributed by atoms with Crippen molar-refractivity contribution in [3.05, 3.63) is 98.8 Å². The van der Waals surface area contributed by atoms with Gasteiger partial charge in [-0.25, -0.2) is 4.98 Å². The summed E-state index contributed by atoms with van der Waals surface area (Å²) in [5.41, 5.74) is 3.37. The lowest BCUT2D eigenvalue weighted by Crippen LogP contribution is -2.30. The highest BCUT2D eigenvalue weighted by atomic mass is 35.5. The summed E-state index contributed by atoms with van der Waals surface area (Å²) >= 11 is 7.33. The summed E-state index contributed by atoms with van der Waals surface area (Å²) in [5.74, 6) is -0.280. The van der Waals surface area contributed by atoms with Crippen molar-refractivity contribution in [2.75, 3.05) is 11.1 Å². The lowest BCUT2D eigenvalue weighted by atomic mass is 10.1. The van der Waals surface area contributed by atoms with E-state index in [1.807, 2.05) is 57.2 Å². The number of nitrogens with one attached hydrogen (secondary N) is 2. The number of hydrogen-bond donors (Lipinski definition) is 2. The molecule has 1 heterocycles. The summed E-state index contributed by atoms with van der Waals surface area (Å²) in [7, 11) is 0. The number of halogens is 1. The first-order valence-electron chi connectivity index (χ1n) is 11.8. The van der Waals surface area contributed by atoms with Crippen LogP contribution >= 0.6 is 23.4 Å². The average Bonchev–Trinajstić information content (AvgIpc) is 2.85. The molecule has 0 saturated carbocycles. The zero-order chi connectivity index (χ0) is 26.5. The molecule has 0 atom stereocenters. The van der Waals surface area contributed by atoms with Crippen LogP contribution in [0.2, 0.25) is 5.02 Å². The molecule has 0 bridgehead atoms. The van der Waals surface area contributed by atoms with Gasteiger partial charge < -0.3 is 10.6 Å². The third kappa shape index (κ3) is 6.78. The van der Waals surface area contributed by atoms with Gasteiger partial charge in [-0.15, -0.1) is 0 Å². The molecule has 0 aliphatic rings. The number of anilines is 1. The lowest BCUT2D eigenvalue weighted by molar-refractivity contribution is -0.113. The largest absolute Gasteiger partial charge is 0.350 e. The molecule has 37 heavy (non-hydrogen) atoms. The highest BCUT2D eigenvalue weighted by molar-refractivity contribution is 7.99. The summed E-state index contributed by atoms with van der Waals surface area (Å²) < 4.78 is 1.53. The standard InChI is InChI=1S/C28H27ClN4O3S/c1-17(2)30-26(35)20-9-7-19(8-10-20)15-33-27(36)23-14-21(29)11-12-24(23)32-28(33)37-16-25(34)31-22-6-4-5-18(3)13-22/h4-14,17H,15-16H2,1-3H3,(H,30,35)(H,31,34). The summed E-state index contributed by atoms with van der Waals surface area (Å²) in [6.07, 6.45) is 0. The molecule has 0 fully saturated rings. The van der Waals surface area contributed by atoms with Crippen molar-refractivity contribution in [3.8, 4) is 0 Å². The molecule has 0 unspecified atom stereocenters. The Morgan fingerprint density at radius 2 is 1.81 bits per heavy atom. The van der Waals surface area contributed by atoms with Crippen molar-refractivity contribution < 1.29 is 9.59 Å². The first-order chi connectivity index (χ1) is 17.7. The maximum absolute atomic E-state index is 13.5. The fourth-order valence-corrected chi connectivity index (χ4v) is 4.73. The number of amides is 2. The van der Waals surface area contributed by atoms with E-state index in [1.165, 1.54) is 16.3 Å². The molecule has 4 aromatic rings. The van der Waals surface area contributed by atoms with Gasteiger partial charge in [0.15, 0.2) is 5.16 Å². The molecule has 0 saturated heterocycles. The Morgan fingerprint density at radius 1 is 1.05 bits per heavy atom. The molecule has 0 radical (unpaired) electrons. The van der Waals surface area contributed by atoms with E-state index in [4.69, 9.17) is 11.6 Å². The molecule has 190 valence electrons. The smallest absolute Gasteiger partial charge is 0.262 e. The molecule has 3 aromatic carbocycles. The van der Waals surface area contributed by atoms with Crippen LogP contribution < -0.4 is 16.2 Å². The van der Waals surface area contributed by atoms with Crippen molar-refractivity contribution in [1.82, 2.24) is 14.9 Å². The first-order valence-corrected chi connectivity index (χ1v) is 13.1. The number of rotatable bonds is 8. The molecule has 0 aliphatic carbocycles. The average molecular weight is 535 g/mol. The molecule has 0 spiro atoms. The Balaban J connectivity index is 1.60. The first kappa shape index (κ1) is 26.4. The van der Waals surface area contributed by atoms with E-state index in [2.05, 4.69) is 15.6 Å². The molecular weight excluding hydrogens is 508 g/mol. The van der Waals surface area contributed by atoms with Gasteiger partial charge >= 0.3 is 0 Å². The van der Waals surface area contributed by atoms with Crippen molar-refractivity contribution >= 4 is 51.8 Å². The van der Waals surface area contributed by atoms with E-state index >= 15 is 0 Å². The minimum Gasteiger partial charge on any atom is -0.350 e. The maximum Gasteiger partial charge on any atom is 0.262 e. The van der Waals surface area contributed by atoms with E-state index < -0.39 is 0 Å². The number of carbonyl (C=O) groups is 2. The van der Waals surface area contributed by atoms with E-state index in [0.717, 1.165) is 11.1 Å². The van der Waals surface area contributed by atoms with Gasteiger partial charge in [0.2, 0.25) is 5.91 Å². The van der Waals surface area contributed by atoms with Crippen LogP contribution in [0, 0.1) is 6.92 Å². The van der Waals surface area contributed by atoms with Gasteiger partial charge in [-0.1, -0.05) is 47.6 Å². The number of benzene rings is 3. The molecule has 9 heteroatoms. The van der Waals surface area contributed by atoms with Crippen molar-refractivity contribution in [2.45, 2.75) is 38.5 Å². The Hall–Kier alpha value is -3.62. The summed E-state index contributed by atoms with van der Waals surface area (Å²) in [5, 5.41) is 7.00. The van der Waals surface area contributed by atoms with Crippen LogP contribution in [0.1, 0.15) is 35.3 Å². The normalized spacial score (nSPS) is 11.1. The lowest BCUT2D eigenvalue weighted by Gasteiger charge is -2.14. The van der Waals surface area contributed by atoms with Crippen molar-refractivity contribution in [3.63, 3.8) is 0 Å². The highest BCUT2D eigenvalue weighted by Gasteiger charge is 2.15. The maximum atomic E-state index is 13.5. The Kier molecular flexibility index (Phi) is 8.31. The predicted octanol–water partition coefficient (Wildman–Crippen LogP) is 5.28. The minimum atomic E-state index is -0.254. The van der Waals surface area contributed by atoms with Gasteiger partial charge in [-0.3, -0.25) is 19.0 Å². The number of aromatic nitrogens is 2. The number of thioether (sulfide) groups is 1. The third-order valence-corrected chi connectivity index (χ3v) is 6.70. The predicted molar refractivity (Wildman–Crippen MR) is 150 cm³/mol. The Morgan fingerprint density at radius 3 is 2.51 bits per heavy atom. The van der Waals surface area contributed by atoms with Gasteiger partial charge in [0.1, 0.15) is 0 Å². The van der Waals surface area contributed by atoms with E-state index in [9.17, 15) is 14.4 Å². The highest BCUT2D eigenvalue weighted by Crippen LogP contribution is 2.22. The van der Waals surface area contributed by atoms with Crippen LogP contribution in [0.15, 0.2) is 76.7 Å². The topological polar surface area (TPSA) is 93.1 Å². The van der Waals surface area contributed by atoms with E-state index in [0.29, 0.717) is 32.3 Å². The second kappa shape index (κ2) is 11.6. The molecular formula is C28H27ClN4O3S. The molecule has 4 rings (SSSR count). The Bertz CT molecular complexity index is 1520. The van der Waals surface area contributed by atoms with Crippen LogP contribution in [0.3, 0.4) is 0 Å². The van der Waals surface area contributed by atoms with Crippen LogP contribution in [-0.2, 0) is 11.3 Å². The number of nitrogens with zero attached hydrogens (tertiary/aromatic N) is 2. The minimum absolute atomic E-state index is 0.0314. The fraction of sp³-hybridized carbons (Fsp3) is 0.214. The zero-order valence-electron chi connectivity index (χ0n) is 20.7. The number of aryl methyl sites for hydroxylation is 1. The monoisotopic (exact) mass is 534 g/mol. The van der Waals surface area contributed by atoms with Crippen molar-refractivity contribution in [2.24, 2.45) is 0 Å². The quantitative estimate of drug-likeness (QED) is 0.237. The second-order valence-electron chi connectivity index (χ2n) is 8.98. The van der Waals surface area contributed by atoms with Crippen molar-refractivity contribution in [1.29, 1.82) is 0 Å². The zero-order valence-corrected chi connectivity index (χ0v) is 22.3. The van der Waals surface area contributed by atoms with Gasteiger partial charge in [-0.05, 0) is 74.4 Å². The van der Waals surface area contributed by atoms with Gasteiger partial charge in [0.05, 0.1) is 23.2 Å². The summed E-state index contributed by atoms with van der Waals surface area (Å²) in [4.78, 5) is 43.0.